The minimum Gasteiger partial charge on any atom is -0.477 e. The molecule has 4 heterocycles. The summed E-state index contributed by atoms with van der Waals surface area (Å²) in [6.07, 6.45) is 9.43. The molecule has 0 aliphatic carbocycles. The molecule has 134 valence electrons. The van der Waals surface area contributed by atoms with Crippen molar-refractivity contribution < 1.29 is 9.47 Å². The third-order valence-corrected chi connectivity index (χ3v) is 5.38. The number of ether oxygens (including phenoxy) is 2. The Morgan fingerprint density at radius 3 is 3.16 bits per heavy atom. The maximum atomic E-state index is 6.13. The van der Waals surface area contributed by atoms with Crippen LogP contribution in [-0.2, 0) is 18.3 Å². The number of aryl methyl sites for hydroxylation is 1. The summed E-state index contributed by atoms with van der Waals surface area (Å²) >= 11 is 0. The van der Waals surface area contributed by atoms with Gasteiger partial charge in [0.05, 0.1) is 18.9 Å². The van der Waals surface area contributed by atoms with Crippen LogP contribution in [-0.4, -0.2) is 52.1 Å². The van der Waals surface area contributed by atoms with E-state index >= 15 is 0 Å². The van der Waals surface area contributed by atoms with Gasteiger partial charge in [-0.2, -0.15) is 5.10 Å². The van der Waals surface area contributed by atoms with Crippen molar-refractivity contribution in [1.82, 2.24) is 19.7 Å². The zero-order valence-electron chi connectivity index (χ0n) is 14.8. The fraction of sp³-hybridized carbons (Fsp3) is 0.579. The van der Waals surface area contributed by atoms with E-state index in [-0.39, 0.29) is 11.5 Å². The van der Waals surface area contributed by atoms with Crippen molar-refractivity contribution in [2.75, 3.05) is 26.3 Å². The van der Waals surface area contributed by atoms with E-state index in [9.17, 15) is 0 Å². The second kappa shape index (κ2) is 7.14. The van der Waals surface area contributed by atoms with Gasteiger partial charge in [-0.3, -0.25) is 9.58 Å². The monoisotopic (exact) mass is 342 g/mol. The number of hydrogen-bond donors (Lipinski definition) is 0. The first-order valence-electron chi connectivity index (χ1n) is 9.09. The highest BCUT2D eigenvalue weighted by atomic mass is 16.5. The van der Waals surface area contributed by atoms with Gasteiger partial charge in [0.1, 0.15) is 0 Å². The van der Waals surface area contributed by atoms with E-state index in [1.54, 1.807) is 6.20 Å². The number of rotatable bonds is 5. The molecule has 2 aromatic rings. The Bertz CT molecular complexity index is 690. The maximum absolute atomic E-state index is 6.13. The van der Waals surface area contributed by atoms with Crippen molar-refractivity contribution in [3.05, 3.63) is 42.4 Å². The number of fused-ring (bicyclic) bond motifs is 1. The minimum absolute atomic E-state index is 0.0518. The molecule has 0 spiro atoms. The molecule has 25 heavy (non-hydrogen) atoms. The van der Waals surface area contributed by atoms with E-state index in [1.165, 1.54) is 5.56 Å². The van der Waals surface area contributed by atoms with Gasteiger partial charge in [-0.15, -0.1) is 0 Å². The standard InChI is InChI=1S/C19H26N4O2/c1-22-12-16(11-21-22)13-23-9-6-17-19(14-23,7-4-10-24-17)15-25-18-5-2-3-8-20-18/h2-3,5,8,11-12,17H,4,6-7,9-10,13-15H2,1H3/t17-,19-/m1/s1. The number of aromatic nitrogens is 3. The van der Waals surface area contributed by atoms with E-state index in [2.05, 4.69) is 21.2 Å². The molecule has 2 saturated heterocycles. The molecule has 6 heteroatoms. The Hall–Kier alpha value is -1.92. The van der Waals surface area contributed by atoms with Crippen LogP contribution in [0.4, 0.5) is 0 Å². The zero-order valence-corrected chi connectivity index (χ0v) is 14.8. The van der Waals surface area contributed by atoms with E-state index in [0.29, 0.717) is 12.5 Å². The molecular formula is C19H26N4O2. The van der Waals surface area contributed by atoms with Crippen LogP contribution in [0.1, 0.15) is 24.8 Å². The van der Waals surface area contributed by atoms with Crippen LogP contribution in [0.5, 0.6) is 5.88 Å². The molecule has 0 unspecified atom stereocenters. The highest BCUT2D eigenvalue weighted by Gasteiger charge is 2.46. The van der Waals surface area contributed by atoms with Crippen LogP contribution < -0.4 is 4.74 Å². The summed E-state index contributed by atoms with van der Waals surface area (Å²) in [5.74, 6) is 0.700. The minimum atomic E-state index is 0.0518. The normalized spacial score (nSPS) is 27.0. The molecular weight excluding hydrogens is 316 g/mol. The van der Waals surface area contributed by atoms with Gasteiger partial charge in [-0.25, -0.2) is 4.98 Å². The number of hydrogen-bond acceptors (Lipinski definition) is 5. The molecule has 2 aromatic heterocycles. The fourth-order valence-corrected chi connectivity index (χ4v) is 4.19. The molecule has 0 saturated carbocycles. The summed E-state index contributed by atoms with van der Waals surface area (Å²) in [5.41, 5.74) is 1.31. The first-order valence-corrected chi connectivity index (χ1v) is 9.09. The molecule has 2 aliphatic heterocycles. The highest BCUT2D eigenvalue weighted by molar-refractivity contribution is 5.10. The van der Waals surface area contributed by atoms with Gasteiger partial charge in [-0.05, 0) is 25.3 Å². The molecule has 2 atom stereocenters. The highest BCUT2D eigenvalue weighted by Crippen LogP contribution is 2.40. The lowest BCUT2D eigenvalue weighted by Crippen LogP contribution is -2.57. The average Bonchev–Trinajstić information content (AvgIpc) is 3.05. The van der Waals surface area contributed by atoms with Gasteiger partial charge in [0.15, 0.2) is 0 Å². The largest absolute Gasteiger partial charge is 0.477 e. The topological polar surface area (TPSA) is 52.4 Å². The summed E-state index contributed by atoms with van der Waals surface area (Å²) in [7, 11) is 1.97. The second-order valence-electron chi connectivity index (χ2n) is 7.30. The molecule has 0 radical (unpaired) electrons. The Morgan fingerprint density at radius 1 is 1.40 bits per heavy atom. The third kappa shape index (κ3) is 3.70. The number of nitrogens with zero attached hydrogens (tertiary/aromatic N) is 4. The Kier molecular flexibility index (Phi) is 4.72. The smallest absolute Gasteiger partial charge is 0.213 e. The average molecular weight is 342 g/mol. The lowest BCUT2D eigenvalue weighted by molar-refractivity contribution is -0.141. The van der Waals surface area contributed by atoms with Gasteiger partial charge in [-0.1, -0.05) is 6.07 Å². The van der Waals surface area contributed by atoms with E-state index in [1.807, 2.05) is 36.1 Å². The zero-order chi connectivity index (χ0) is 17.1. The number of piperidine rings is 1. The van der Waals surface area contributed by atoms with E-state index < -0.39 is 0 Å². The van der Waals surface area contributed by atoms with E-state index in [0.717, 1.165) is 45.5 Å². The first kappa shape index (κ1) is 16.5. The summed E-state index contributed by atoms with van der Waals surface area (Å²) in [5, 5.41) is 4.29. The van der Waals surface area contributed by atoms with Crippen LogP contribution in [0.3, 0.4) is 0 Å². The summed E-state index contributed by atoms with van der Waals surface area (Å²) < 4.78 is 14.1. The molecule has 6 nitrogen and oxygen atoms in total. The lowest BCUT2D eigenvalue weighted by atomic mass is 9.73. The van der Waals surface area contributed by atoms with Crippen molar-refractivity contribution in [3.63, 3.8) is 0 Å². The molecule has 2 fully saturated rings. The van der Waals surface area contributed by atoms with Gasteiger partial charge in [0, 0.05) is 62.7 Å². The molecule has 4 rings (SSSR count). The Morgan fingerprint density at radius 2 is 2.36 bits per heavy atom. The van der Waals surface area contributed by atoms with Crippen LogP contribution in [0, 0.1) is 5.41 Å². The SMILES string of the molecule is Cn1cc(CN2CC[C@H]3OCCC[C@]3(COc3ccccn3)C2)cn1. The Labute approximate surface area is 148 Å². The predicted octanol–water partition coefficient (Wildman–Crippen LogP) is 2.27. The number of pyridine rings is 1. The van der Waals surface area contributed by atoms with Gasteiger partial charge < -0.3 is 9.47 Å². The molecule has 0 aromatic carbocycles. The molecule has 0 amide bonds. The van der Waals surface area contributed by atoms with Gasteiger partial charge in [0.2, 0.25) is 5.88 Å². The Balaban J connectivity index is 1.46. The molecule has 0 N–H and O–H groups in total. The van der Waals surface area contributed by atoms with E-state index in [4.69, 9.17) is 9.47 Å². The van der Waals surface area contributed by atoms with Crippen LogP contribution in [0.2, 0.25) is 0 Å². The molecule has 0 bridgehead atoms. The van der Waals surface area contributed by atoms with Crippen molar-refractivity contribution in [3.8, 4) is 5.88 Å². The lowest BCUT2D eigenvalue weighted by Gasteiger charge is -2.50. The third-order valence-electron chi connectivity index (χ3n) is 5.38. The fourth-order valence-electron chi connectivity index (χ4n) is 4.19. The number of likely N-dealkylation sites (tertiary alicyclic amines) is 1. The first-order chi connectivity index (χ1) is 12.2. The van der Waals surface area contributed by atoms with Crippen LogP contribution in [0.25, 0.3) is 0 Å². The van der Waals surface area contributed by atoms with Crippen molar-refractivity contribution in [2.45, 2.75) is 31.9 Å². The van der Waals surface area contributed by atoms with Crippen molar-refractivity contribution in [1.29, 1.82) is 0 Å². The quantitative estimate of drug-likeness (QED) is 0.834. The second-order valence-corrected chi connectivity index (χ2v) is 7.30. The summed E-state index contributed by atoms with van der Waals surface area (Å²) in [6.45, 7) is 4.53. The van der Waals surface area contributed by atoms with Crippen molar-refractivity contribution >= 4 is 0 Å². The van der Waals surface area contributed by atoms with Gasteiger partial charge >= 0.3 is 0 Å². The maximum Gasteiger partial charge on any atom is 0.213 e. The summed E-state index contributed by atoms with van der Waals surface area (Å²) in [4.78, 5) is 6.82. The van der Waals surface area contributed by atoms with Crippen LogP contribution >= 0.6 is 0 Å². The molecule has 2 aliphatic rings. The predicted molar refractivity (Wildman–Crippen MR) is 94.2 cm³/mol. The van der Waals surface area contributed by atoms with Gasteiger partial charge in [0.25, 0.3) is 0 Å². The summed E-state index contributed by atoms with van der Waals surface area (Å²) in [6, 6.07) is 5.80. The van der Waals surface area contributed by atoms with Crippen molar-refractivity contribution in [2.24, 2.45) is 12.5 Å². The van der Waals surface area contributed by atoms with Crippen LogP contribution in [0.15, 0.2) is 36.8 Å².